The van der Waals surface area contributed by atoms with Gasteiger partial charge in [0.15, 0.2) is 0 Å². The minimum absolute atomic E-state index is 0.0312. The molecule has 1 amide bonds. The van der Waals surface area contributed by atoms with Crippen molar-refractivity contribution >= 4 is 17.3 Å². The van der Waals surface area contributed by atoms with Crippen LogP contribution in [0.1, 0.15) is 13.8 Å². The van der Waals surface area contributed by atoms with Gasteiger partial charge in [-0.15, -0.1) is 0 Å². The van der Waals surface area contributed by atoms with Gasteiger partial charge in [0.25, 0.3) is 5.69 Å². The summed E-state index contributed by atoms with van der Waals surface area (Å²) in [6.45, 7) is 4.16. The Labute approximate surface area is 106 Å². The molecule has 0 spiro atoms. The first kappa shape index (κ1) is 14.0. The van der Waals surface area contributed by atoms with Crippen LogP contribution in [-0.4, -0.2) is 35.4 Å². The van der Waals surface area contributed by atoms with E-state index in [1.807, 2.05) is 6.92 Å². The van der Waals surface area contributed by atoms with E-state index in [1.54, 1.807) is 37.1 Å². The third kappa shape index (κ3) is 3.19. The molecule has 0 saturated heterocycles. The minimum Gasteiger partial charge on any atom is -0.368 e. The van der Waals surface area contributed by atoms with Crippen molar-refractivity contribution in [2.75, 3.05) is 18.9 Å². The van der Waals surface area contributed by atoms with Gasteiger partial charge < -0.3 is 10.2 Å². The first-order valence-corrected chi connectivity index (χ1v) is 5.72. The molecule has 0 heterocycles. The number of nitrogens with one attached hydrogen (secondary N) is 1. The molecule has 0 aromatic heterocycles. The molecular weight excluding hydrogens is 234 g/mol. The second kappa shape index (κ2) is 6.00. The number of likely N-dealkylation sites (N-methyl/N-ethyl adjacent to an activating group) is 1. The Balaban J connectivity index is 2.85. The lowest BCUT2D eigenvalue weighted by molar-refractivity contribution is -0.384. The lowest BCUT2D eigenvalue weighted by atomic mass is 10.2. The number of hydrogen-bond acceptors (Lipinski definition) is 4. The predicted molar refractivity (Wildman–Crippen MR) is 69.5 cm³/mol. The summed E-state index contributed by atoms with van der Waals surface area (Å²) in [4.78, 5) is 23.8. The van der Waals surface area contributed by atoms with Gasteiger partial charge in [0.05, 0.1) is 4.92 Å². The third-order valence-corrected chi connectivity index (χ3v) is 2.69. The number of amides is 1. The second-order valence-electron chi connectivity index (χ2n) is 3.99. The highest BCUT2D eigenvalue weighted by atomic mass is 16.6. The maximum Gasteiger partial charge on any atom is 0.292 e. The van der Waals surface area contributed by atoms with Crippen molar-refractivity contribution in [3.05, 3.63) is 34.4 Å². The summed E-state index contributed by atoms with van der Waals surface area (Å²) >= 11 is 0. The maximum atomic E-state index is 11.9. The highest BCUT2D eigenvalue weighted by molar-refractivity contribution is 5.84. The number of carbonyl (C=O) groups excluding carboxylic acids is 1. The minimum atomic E-state index is -0.504. The number of benzene rings is 1. The molecule has 1 unspecified atom stereocenters. The van der Waals surface area contributed by atoms with E-state index in [9.17, 15) is 14.9 Å². The Bertz CT molecular complexity index is 448. The molecular formula is C12H17N3O3. The number of rotatable bonds is 5. The molecule has 0 aliphatic rings. The summed E-state index contributed by atoms with van der Waals surface area (Å²) in [6, 6.07) is 5.78. The van der Waals surface area contributed by atoms with Crippen molar-refractivity contribution in [2.24, 2.45) is 0 Å². The fourth-order valence-electron chi connectivity index (χ4n) is 1.54. The summed E-state index contributed by atoms with van der Waals surface area (Å²) in [5, 5.41) is 13.7. The summed E-state index contributed by atoms with van der Waals surface area (Å²) in [5.74, 6) is -0.101. The van der Waals surface area contributed by atoms with Gasteiger partial charge in [0.2, 0.25) is 5.91 Å². The van der Waals surface area contributed by atoms with Crippen LogP contribution in [0.25, 0.3) is 0 Å². The molecule has 1 aromatic rings. The van der Waals surface area contributed by atoms with E-state index in [4.69, 9.17) is 0 Å². The van der Waals surface area contributed by atoms with Crippen LogP contribution in [-0.2, 0) is 4.79 Å². The van der Waals surface area contributed by atoms with E-state index in [0.29, 0.717) is 12.2 Å². The zero-order chi connectivity index (χ0) is 13.7. The molecule has 1 aromatic carbocycles. The Morgan fingerprint density at radius 1 is 1.50 bits per heavy atom. The van der Waals surface area contributed by atoms with Crippen molar-refractivity contribution in [3.8, 4) is 0 Å². The third-order valence-electron chi connectivity index (χ3n) is 2.69. The topological polar surface area (TPSA) is 75.5 Å². The van der Waals surface area contributed by atoms with Crippen LogP contribution in [0.4, 0.5) is 11.4 Å². The quantitative estimate of drug-likeness (QED) is 0.640. The fraction of sp³-hybridized carbons (Fsp3) is 0.417. The molecule has 6 heteroatoms. The van der Waals surface area contributed by atoms with Gasteiger partial charge in [-0.25, -0.2) is 0 Å². The van der Waals surface area contributed by atoms with Gasteiger partial charge in [-0.2, -0.15) is 0 Å². The van der Waals surface area contributed by atoms with Crippen molar-refractivity contribution in [3.63, 3.8) is 0 Å². The largest absolute Gasteiger partial charge is 0.368 e. The van der Waals surface area contributed by atoms with E-state index in [-0.39, 0.29) is 11.6 Å². The average molecular weight is 251 g/mol. The molecule has 18 heavy (non-hydrogen) atoms. The fourth-order valence-corrected chi connectivity index (χ4v) is 1.54. The summed E-state index contributed by atoms with van der Waals surface area (Å²) in [5.41, 5.74) is 0.323. The molecule has 0 aliphatic carbocycles. The van der Waals surface area contributed by atoms with E-state index in [0.717, 1.165) is 0 Å². The van der Waals surface area contributed by atoms with Crippen LogP contribution in [0.3, 0.4) is 0 Å². The van der Waals surface area contributed by atoms with Crippen LogP contribution >= 0.6 is 0 Å². The number of carbonyl (C=O) groups is 1. The number of para-hydroxylation sites is 2. The molecule has 0 saturated carbocycles. The van der Waals surface area contributed by atoms with Gasteiger partial charge in [-0.05, 0) is 19.9 Å². The van der Waals surface area contributed by atoms with Gasteiger partial charge >= 0.3 is 0 Å². The molecule has 0 radical (unpaired) electrons. The maximum absolute atomic E-state index is 11.9. The van der Waals surface area contributed by atoms with E-state index >= 15 is 0 Å². The molecule has 98 valence electrons. The molecule has 0 bridgehead atoms. The van der Waals surface area contributed by atoms with Gasteiger partial charge in [0, 0.05) is 19.7 Å². The summed E-state index contributed by atoms with van der Waals surface area (Å²) in [6.07, 6.45) is 0. The van der Waals surface area contributed by atoms with E-state index < -0.39 is 11.0 Å². The first-order chi connectivity index (χ1) is 8.47. The van der Waals surface area contributed by atoms with Crippen molar-refractivity contribution in [1.29, 1.82) is 0 Å². The molecule has 1 N–H and O–H groups in total. The zero-order valence-corrected chi connectivity index (χ0v) is 10.7. The number of nitro groups is 1. The van der Waals surface area contributed by atoms with E-state index in [2.05, 4.69) is 5.32 Å². The standard InChI is InChI=1S/C12H17N3O3/c1-4-14(3)12(16)9(2)13-10-7-5-6-8-11(10)15(17)18/h5-9,13H,4H2,1-3H3. The van der Waals surface area contributed by atoms with Gasteiger partial charge in [0.1, 0.15) is 11.7 Å². The predicted octanol–water partition coefficient (Wildman–Crippen LogP) is 1.87. The molecule has 6 nitrogen and oxygen atoms in total. The average Bonchev–Trinajstić information content (AvgIpc) is 2.37. The van der Waals surface area contributed by atoms with Crippen LogP contribution in [0, 0.1) is 10.1 Å². The lowest BCUT2D eigenvalue weighted by Gasteiger charge is -2.21. The Kier molecular flexibility index (Phi) is 4.65. The highest BCUT2D eigenvalue weighted by Gasteiger charge is 2.20. The van der Waals surface area contributed by atoms with Crippen molar-refractivity contribution in [1.82, 2.24) is 4.90 Å². The molecule has 1 rings (SSSR count). The number of anilines is 1. The SMILES string of the molecule is CCN(C)C(=O)C(C)Nc1ccccc1[N+](=O)[O-]. The van der Waals surface area contributed by atoms with Crippen LogP contribution < -0.4 is 5.32 Å². The molecule has 1 atom stereocenters. The van der Waals surface area contributed by atoms with Crippen molar-refractivity contribution in [2.45, 2.75) is 19.9 Å². The monoisotopic (exact) mass is 251 g/mol. The van der Waals surface area contributed by atoms with E-state index in [1.165, 1.54) is 6.07 Å². The van der Waals surface area contributed by atoms with Crippen LogP contribution in [0.5, 0.6) is 0 Å². The number of nitrogens with zero attached hydrogens (tertiary/aromatic N) is 2. The normalized spacial score (nSPS) is 11.7. The number of hydrogen-bond donors (Lipinski definition) is 1. The van der Waals surface area contributed by atoms with Crippen molar-refractivity contribution < 1.29 is 9.72 Å². The van der Waals surface area contributed by atoms with Gasteiger partial charge in [-0.3, -0.25) is 14.9 Å². The first-order valence-electron chi connectivity index (χ1n) is 5.72. The smallest absolute Gasteiger partial charge is 0.292 e. The Hall–Kier alpha value is -2.11. The Morgan fingerprint density at radius 3 is 2.67 bits per heavy atom. The lowest BCUT2D eigenvalue weighted by Crippen LogP contribution is -2.38. The summed E-state index contributed by atoms with van der Waals surface area (Å²) < 4.78 is 0. The molecule has 0 aliphatic heterocycles. The van der Waals surface area contributed by atoms with Crippen LogP contribution in [0.15, 0.2) is 24.3 Å². The van der Waals surface area contributed by atoms with Gasteiger partial charge in [-0.1, -0.05) is 12.1 Å². The zero-order valence-electron chi connectivity index (χ0n) is 10.7. The highest BCUT2D eigenvalue weighted by Crippen LogP contribution is 2.23. The number of nitro benzene ring substituents is 1. The van der Waals surface area contributed by atoms with Crippen LogP contribution in [0.2, 0.25) is 0 Å². The summed E-state index contributed by atoms with van der Waals surface area (Å²) in [7, 11) is 1.69. The second-order valence-corrected chi connectivity index (χ2v) is 3.99. The Morgan fingerprint density at radius 2 is 2.11 bits per heavy atom. The molecule has 0 fully saturated rings.